The fourth-order valence-electron chi connectivity index (χ4n) is 2.41. The van der Waals surface area contributed by atoms with Gasteiger partial charge in [-0.05, 0) is 25.0 Å². The number of benzene rings is 1. The molecule has 2 rings (SSSR count). The van der Waals surface area contributed by atoms with Gasteiger partial charge in [0.05, 0.1) is 17.6 Å². The maximum atomic E-state index is 12.7. The van der Waals surface area contributed by atoms with Crippen molar-refractivity contribution in [3.63, 3.8) is 0 Å². The van der Waals surface area contributed by atoms with E-state index in [0.29, 0.717) is 6.42 Å². The van der Waals surface area contributed by atoms with Gasteiger partial charge < -0.3 is 14.9 Å². The fraction of sp³-hybridized carbons (Fsp3) is 0.538. The number of hydrogen-bond donors (Lipinski definition) is 2. The van der Waals surface area contributed by atoms with E-state index in [1.54, 1.807) is 0 Å². The summed E-state index contributed by atoms with van der Waals surface area (Å²) in [6.45, 7) is 0.0375. The molecule has 0 aliphatic heterocycles. The standard InChI is InChI=1S/C13H15F3O5S/c14-13(15,16)22(19,20)11-5-4-10(21-7-1-6-17)8-2-3-9(18)12(8)11/h4-5,9,17-18H,1-3,6-7H2. The highest BCUT2D eigenvalue weighted by atomic mass is 32.2. The summed E-state index contributed by atoms with van der Waals surface area (Å²) in [6.07, 6.45) is -0.578. The minimum Gasteiger partial charge on any atom is -0.493 e. The van der Waals surface area contributed by atoms with E-state index in [0.717, 1.165) is 12.1 Å². The van der Waals surface area contributed by atoms with E-state index in [9.17, 15) is 26.7 Å². The van der Waals surface area contributed by atoms with Crippen molar-refractivity contribution in [1.29, 1.82) is 0 Å². The summed E-state index contributed by atoms with van der Waals surface area (Å²) >= 11 is 0. The van der Waals surface area contributed by atoms with Gasteiger partial charge in [-0.15, -0.1) is 0 Å². The average Bonchev–Trinajstić information content (AvgIpc) is 2.80. The molecule has 5 nitrogen and oxygen atoms in total. The van der Waals surface area contributed by atoms with Crippen LogP contribution in [0.25, 0.3) is 0 Å². The Bertz CT molecular complexity index is 654. The SMILES string of the molecule is O=S(=O)(c1ccc(OCCCO)c2c1C(O)CC2)C(F)(F)F. The smallest absolute Gasteiger partial charge is 0.493 e. The van der Waals surface area contributed by atoms with Gasteiger partial charge in [0.1, 0.15) is 5.75 Å². The van der Waals surface area contributed by atoms with Crippen LogP contribution in [0.5, 0.6) is 5.75 Å². The van der Waals surface area contributed by atoms with Crippen LogP contribution in [0.15, 0.2) is 17.0 Å². The Morgan fingerprint density at radius 1 is 1.32 bits per heavy atom. The molecule has 0 heterocycles. The van der Waals surface area contributed by atoms with Crippen molar-refractivity contribution in [2.45, 2.75) is 35.8 Å². The van der Waals surface area contributed by atoms with Crippen LogP contribution in [0.4, 0.5) is 13.2 Å². The van der Waals surface area contributed by atoms with Gasteiger partial charge in [-0.1, -0.05) is 0 Å². The predicted octanol–water partition coefficient (Wildman–Crippen LogP) is 1.72. The van der Waals surface area contributed by atoms with Gasteiger partial charge in [0, 0.05) is 24.2 Å². The van der Waals surface area contributed by atoms with Crippen LogP contribution >= 0.6 is 0 Å². The van der Waals surface area contributed by atoms with Crippen LogP contribution in [0, 0.1) is 0 Å². The zero-order valence-electron chi connectivity index (χ0n) is 11.4. The van der Waals surface area contributed by atoms with Gasteiger partial charge in [-0.25, -0.2) is 8.42 Å². The molecule has 1 aliphatic rings. The van der Waals surface area contributed by atoms with E-state index in [1.807, 2.05) is 0 Å². The molecule has 0 aromatic heterocycles. The van der Waals surface area contributed by atoms with Crippen molar-refractivity contribution in [3.8, 4) is 5.75 Å². The molecule has 1 atom stereocenters. The first-order valence-corrected chi connectivity index (χ1v) is 8.07. The normalized spacial score (nSPS) is 18.3. The summed E-state index contributed by atoms with van der Waals surface area (Å²) in [4.78, 5) is -0.922. The Balaban J connectivity index is 2.50. The molecule has 1 aliphatic carbocycles. The van der Waals surface area contributed by atoms with Crippen LogP contribution < -0.4 is 4.74 Å². The van der Waals surface area contributed by atoms with Crippen LogP contribution in [-0.4, -0.2) is 37.4 Å². The number of aliphatic hydroxyl groups is 2. The van der Waals surface area contributed by atoms with Crippen LogP contribution in [0.1, 0.15) is 30.1 Å². The topological polar surface area (TPSA) is 83.8 Å². The minimum absolute atomic E-state index is 0.106. The molecule has 0 spiro atoms. The molecule has 0 saturated carbocycles. The molecule has 124 valence electrons. The molecular formula is C13H15F3O5S. The summed E-state index contributed by atoms with van der Waals surface area (Å²) in [7, 11) is -5.53. The minimum atomic E-state index is -5.53. The maximum absolute atomic E-state index is 12.7. The first-order valence-electron chi connectivity index (χ1n) is 6.59. The fourth-order valence-corrected chi connectivity index (χ4v) is 3.46. The lowest BCUT2D eigenvalue weighted by Crippen LogP contribution is -2.25. The highest BCUT2D eigenvalue weighted by molar-refractivity contribution is 7.92. The van der Waals surface area contributed by atoms with E-state index in [2.05, 4.69) is 0 Å². The van der Waals surface area contributed by atoms with Crippen molar-refractivity contribution >= 4 is 9.84 Å². The predicted molar refractivity (Wildman–Crippen MR) is 70.2 cm³/mol. The van der Waals surface area contributed by atoms with Gasteiger partial charge in [0.15, 0.2) is 0 Å². The Hall–Kier alpha value is -1.32. The third-order valence-electron chi connectivity index (χ3n) is 3.43. The van der Waals surface area contributed by atoms with E-state index in [-0.39, 0.29) is 42.9 Å². The van der Waals surface area contributed by atoms with Crippen molar-refractivity contribution in [2.24, 2.45) is 0 Å². The molecule has 0 fully saturated rings. The third-order valence-corrected chi connectivity index (χ3v) is 4.97. The number of sulfone groups is 1. The van der Waals surface area contributed by atoms with Crippen LogP contribution in [0.2, 0.25) is 0 Å². The lowest BCUT2D eigenvalue weighted by Gasteiger charge is -2.17. The van der Waals surface area contributed by atoms with Crippen molar-refractivity contribution in [1.82, 2.24) is 0 Å². The quantitative estimate of drug-likeness (QED) is 0.798. The van der Waals surface area contributed by atoms with Crippen LogP contribution in [-0.2, 0) is 16.3 Å². The number of hydrogen-bond acceptors (Lipinski definition) is 5. The molecule has 9 heteroatoms. The zero-order chi connectivity index (χ0) is 16.5. The Kier molecular flexibility index (Phi) is 4.69. The molecule has 2 N–H and O–H groups in total. The van der Waals surface area contributed by atoms with Gasteiger partial charge in [-0.3, -0.25) is 0 Å². The lowest BCUT2D eigenvalue weighted by molar-refractivity contribution is -0.0437. The first-order chi connectivity index (χ1) is 10.2. The van der Waals surface area contributed by atoms with Crippen molar-refractivity contribution in [2.75, 3.05) is 13.2 Å². The Morgan fingerprint density at radius 2 is 2.00 bits per heavy atom. The summed E-state index contributed by atoms with van der Waals surface area (Å²) in [6, 6.07) is 1.97. The van der Waals surface area contributed by atoms with E-state index in [1.165, 1.54) is 0 Å². The molecule has 0 radical (unpaired) electrons. The summed E-state index contributed by atoms with van der Waals surface area (Å²) < 4.78 is 66.8. The van der Waals surface area contributed by atoms with Gasteiger partial charge >= 0.3 is 5.51 Å². The molecule has 0 bridgehead atoms. The third kappa shape index (κ3) is 2.92. The second-order valence-electron chi connectivity index (χ2n) is 4.88. The Morgan fingerprint density at radius 3 is 2.59 bits per heavy atom. The second kappa shape index (κ2) is 6.05. The number of aliphatic hydroxyl groups excluding tert-OH is 2. The highest BCUT2D eigenvalue weighted by Gasteiger charge is 2.49. The first kappa shape index (κ1) is 17.0. The molecule has 0 amide bonds. The van der Waals surface area contributed by atoms with Crippen molar-refractivity contribution < 1.29 is 36.5 Å². The zero-order valence-corrected chi connectivity index (χ0v) is 12.2. The van der Waals surface area contributed by atoms with Gasteiger partial charge in [-0.2, -0.15) is 13.2 Å². The van der Waals surface area contributed by atoms with Crippen molar-refractivity contribution in [3.05, 3.63) is 23.3 Å². The molecule has 22 heavy (non-hydrogen) atoms. The summed E-state index contributed by atoms with van der Waals surface area (Å²) in [5.41, 5.74) is -5.39. The number of halogens is 3. The molecule has 0 saturated heterocycles. The van der Waals surface area contributed by atoms with Crippen LogP contribution in [0.3, 0.4) is 0 Å². The second-order valence-corrected chi connectivity index (χ2v) is 6.79. The van der Waals surface area contributed by atoms with E-state index in [4.69, 9.17) is 9.84 Å². The van der Waals surface area contributed by atoms with Gasteiger partial charge in [0.2, 0.25) is 0 Å². The molecule has 1 aromatic carbocycles. The number of rotatable bonds is 5. The monoisotopic (exact) mass is 340 g/mol. The number of alkyl halides is 3. The number of ether oxygens (including phenoxy) is 1. The number of fused-ring (bicyclic) bond motifs is 1. The van der Waals surface area contributed by atoms with E-state index >= 15 is 0 Å². The summed E-state index contributed by atoms with van der Waals surface area (Å²) in [5, 5.41) is 18.6. The molecule has 1 unspecified atom stereocenters. The largest absolute Gasteiger partial charge is 0.501 e. The summed E-state index contributed by atoms with van der Waals surface area (Å²) in [5.74, 6) is 0.237. The van der Waals surface area contributed by atoms with E-state index < -0.39 is 26.3 Å². The Labute approximate surface area is 125 Å². The lowest BCUT2D eigenvalue weighted by atomic mass is 10.1. The average molecular weight is 340 g/mol. The molecular weight excluding hydrogens is 325 g/mol. The highest BCUT2D eigenvalue weighted by Crippen LogP contribution is 2.44. The maximum Gasteiger partial charge on any atom is 0.501 e. The molecule has 1 aromatic rings. The van der Waals surface area contributed by atoms with Gasteiger partial charge in [0.25, 0.3) is 9.84 Å².